The van der Waals surface area contributed by atoms with Gasteiger partial charge in [-0.1, -0.05) is 56.3 Å². The molecule has 7 heteroatoms. The molecule has 0 N–H and O–H groups in total. The number of nitrogens with zero attached hydrogens (tertiary/aromatic N) is 3. The van der Waals surface area contributed by atoms with Crippen molar-refractivity contribution in [1.29, 1.82) is 0 Å². The summed E-state index contributed by atoms with van der Waals surface area (Å²) in [7, 11) is 0. The summed E-state index contributed by atoms with van der Waals surface area (Å²) in [4.78, 5) is 21.9. The number of fused-ring (bicyclic) bond motifs is 1. The van der Waals surface area contributed by atoms with E-state index in [9.17, 15) is 18.0 Å². The number of amides is 1. The molecular formula is C25H28F3N3O. The second-order valence-electron chi connectivity index (χ2n) is 6.42. The van der Waals surface area contributed by atoms with Crippen molar-refractivity contribution < 1.29 is 18.0 Å². The number of hydrogen-bond donors (Lipinski definition) is 0. The summed E-state index contributed by atoms with van der Waals surface area (Å²) in [6.07, 6.45) is -1.15. The lowest BCUT2D eigenvalue weighted by atomic mass is 10.1. The van der Waals surface area contributed by atoms with E-state index < -0.39 is 11.7 Å². The summed E-state index contributed by atoms with van der Waals surface area (Å²) < 4.78 is 38.7. The molecule has 0 radical (unpaired) electrons. The highest BCUT2D eigenvalue weighted by Crippen LogP contribution is 2.34. The molecule has 0 spiro atoms. The van der Waals surface area contributed by atoms with Crippen molar-refractivity contribution >= 4 is 29.7 Å². The normalized spacial score (nSPS) is 14.1. The second kappa shape index (κ2) is 12.4. The molecular weight excluding hydrogens is 415 g/mol. The summed E-state index contributed by atoms with van der Waals surface area (Å²) in [6, 6.07) is 11.8. The van der Waals surface area contributed by atoms with Crippen molar-refractivity contribution in [2.45, 2.75) is 33.9 Å². The zero-order valence-corrected chi connectivity index (χ0v) is 18.8. The fourth-order valence-corrected chi connectivity index (χ4v) is 2.75. The number of benzene rings is 2. The van der Waals surface area contributed by atoms with Gasteiger partial charge in [-0.15, -0.1) is 0 Å². The maximum atomic E-state index is 12.9. The largest absolute Gasteiger partial charge is 0.416 e. The smallest absolute Gasteiger partial charge is 0.302 e. The van der Waals surface area contributed by atoms with Crippen LogP contribution in [0.5, 0.6) is 0 Å². The predicted octanol–water partition coefficient (Wildman–Crippen LogP) is 7.00. The topological polar surface area (TPSA) is 45.0 Å². The van der Waals surface area contributed by atoms with Gasteiger partial charge in [-0.05, 0) is 44.8 Å². The second-order valence-corrected chi connectivity index (χ2v) is 6.42. The lowest BCUT2D eigenvalue weighted by molar-refractivity contribution is -0.137. The fraction of sp³-hybridized carbons (Fsp3) is 0.240. The Labute approximate surface area is 187 Å². The van der Waals surface area contributed by atoms with E-state index in [1.807, 2.05) is 45.9 Å². The van der Waals surface area contributed by atoms with Crippen molar-refractivity contribution in [2.24, 2.45) is 9.98 Å². The van der Waals surface area contributed by atoms with E-state index in [0.29, 0.717) is 17.8 Å². The molecule has 0 atom stereocenters. The van der Waals surface area contributed by atoms with Crippen LogP contribution >= 0.6 is 0 Å². The van der Waals surface area contributed by atoms with Crippen molar-refractivity contribution in [2.75, 3.05) is 11.4 Å². The molecule has 0 bridgehead atoms. The van der Waals surface area contributed by atoms with Crippen LogP contribution in [0.25, 0.3) is 0 Å². The van der Waals surface area contributed by atoms with E-state index in [0.717, 1.165) is 17.7 Å². The Kier molecular flexibility index (Phi) is 10.3. The van der Waals surface area contributed by atoms with Gasteiger partial charge < -0.3 is 4.90 Å². The summed E-state index contributed by atoms with van der Waals surface area (Å²) in [5, 5.41) is 0. The van der Waals surface area contributed by atoms with Crippen LogP contribution in [0.15, 0.2) is 82.9 Å². The quantitative estimate of drug-likeness (QED) is 0.371. The van der Waals surface area contributed by atoms with Gasteiger partial charge in [0, 0.05) is 18.3 Å². The molecule has 0 aliphatic carbocycles. The molecule has 1 heterocycles. The number of rotatable bonds is 4. The molecule has 3 rings (SSSR count). The maximum Gasteiger partial charge on any atom is 0.416 e. The lowest BCUT2D eigenvalue weighted by Crippen LogP contribution is -2.31. The van der Waals surface area contributed by atoms with Crippen LogP contribution in [-0.4, -0.2) is 24.9 Å². The third-order valence-corrected chi connectivity index (χ3v) is 4.34. The lowest BCUT2D eigenvalue weighted by Gasteiger charge is -2.16. The van der Waals surface area contributed by atoms with Crippen molar-refractivity contribution in [3.63, 3.8) is 0 Å². The van der Waals surface area contributed by atoms with Crippen LogP contribution < -0.4 is 4.90 Å². The first-order chi connectivity index (χ1) is 15.2. The van der Waals surface area contributed by atoms with Crippen LogP contribution in [0.3, 0.4) is 0 Å². The van der Waals surface area contributed by atoms with Crippen LogP contribution in [0.4, 0.5) is 24.5 Å². The van der Waals surface area contributed by atoms with Gasteiger partial charge in [0.2, 0.25) is 0 Å². The van der Waals surface area contributed by atoms with Gasteiger partial charge in [0.15, 0.2) is 0 Å². The zero-order valence-electron chi connectivity index (χ0n) is 18.8. The third-order valence-electron chi connectivity index (χ3n) is 4.34. The number of alkyl halides is 3. The molecule has 0 fully saturated rings. The van der Waals surface area contributed by atoms with E-state index in [1.54, 1.807) is 17.0 Å². The Bertz CT molecular complexity index is 1000. The Hall–Kier alpha value is -3.48. The number of aliphatic imine (C=N–C) groups is 2. The molecule has 0 unspecified atom stereocenters. The molecule has 0 aromatic heterocycles. The predicted molar refractivity (Wildman–Crippen MR) is 127 cm³/mol. The minimum Gasteiger partial charge on any atom is -0.302 e. The first-order valence-corrected chi connectivity index (χ1v) is 10.1. The van der Waals surface area contributed by atoms with Crippen molar-refractivity contribution in [3.05, 3.63) is 84.1 Å². The van der Waals surface area contributed by atoms with Gasteiger partial charge in [0.25, 0.3) is 5.91 Å². The van der Waals surface area contributed by atoms with Crippen LogP contribution in [-0.2, 0) is 11.0 Å². The molecule has 170 valence electrons. The van der Waals surface area contributed by atoms with Crippen molar-refractivity contribution in [3.8, 4) is 0 Å². The first-order valence-electron chi connectivity index (χ1n) is 10.1. The highest BCUT2D eigenvalue weighted by molar-refractivity contribution is 6.54. The number of anilines is 1. The fourth-order valence-electron chi connectivity index (χ4n) is 2.75. The van der Waals surface area contributed by atoms with Crippen molar-refractivity contribution in [1.82, 2.24) is 0 Å². The Morgan fingerprint density at radius 3 is 2.31 bits per heavy atom. The van der Waals surface area contributed by atoms with Gasteiger partial charge in [-0.2, -0.15) is 13.2 Å². The molecule has 0 saturated heterocycles. The van der Waals surface area contributed by atoms with Gasteiger partial charge in [0.05, 0.1) is 16.9 Å². The molecule has 32 heavy (non-hydrogen) atoms. The number of halogens is 3. The maximum absolute atomic E-state index is 12.9. The Morgan fingerprint density at radius 1 is 1.12 bits per heavy atom. The van der Waals surface area contributed by atoms with Crippen LogP contribution in [0, 0.1) is 0 Å². The average Bonchev–Trinajstić information content (AvgIpc) is 3.06. The minimum absolute atomic E-state index is 0.0996. The SMILES string of the molecule is C/C=C(\C)CN1C(=O)C(=Nc2cccc(C(F)(F)F)c2)c2ccccc21.C=CN=C.CC. The molecule has 1 amide bonds. The standard InChI is InChI=1S/C20H17F3N2O.C3H5N.C2H6/c1-3-13(2)12-25-17-10-5-4-9-16(17)18(19(25)26)24-15-8-6-7-14(11-15)20(21,22)23;1-3-4-2;1-2/h3-11H,12H2,1-2H3;3H,1-2H2;1-2H3/b13-3+,24-18?;;. The van der Waals surface area contributed by atoms with E-state index in [1.165, 1.54) is 18.3 Å². The number of para-hydroxylation sites is 1. The molecule has 1 aliphatic heterocycles. The monoisotopic (exact) mass is 443 g/mol. The molecule has 0 saturated carbocycles. The molecule has 4 nitrogen and oxygen atoms in total. The van der Waals surface area contributed by atoms with Crippen LogP contribution in [0.2, 0.25) is 0 Å². The highest BCUT2D eigenvalue weighted by Gasteiger charge is 2.34. The van der Waals surface area contributed by atoms with Gasteiger partial charge >= 0.3 is 6.18 Å². The first kappa shape index (κ1) is 26.6. The number of allylic oxidation sites excluding steroid dienone is 1. The zero-order chi connectivity index (χ0) is 24.3. The van der Waals surface area contributed by atoms with E-state index >= 15 is 0 Å². The van der Waals surface area contributed by atoms with Crippen LogP contribution in [0.1, 0.15) is 38.8 Å². The van der Waals surface area contributed by atoms with Gasteiger partial charge in [0.1, 0.15) is 5.71 Å². The summed E-state index contributed by atoms with van der Waals surface area (Å²) >= 11 is 0. The van der Waals surface area contributed by atoms with E-state index in [2.05, 4.69) is 23.3 Å². The third kappa shape index (κ3) is 6.77. The van der Waals surface area contributed by atoms with E-state index in [4.69, 9.17) is 0 Å². The molecule has 2 aromatic carbocycles. The Morgan fingerprint density at radius 2 is 1.75 bits per heavy atom. The van der Waals surface area contributed by atoms with Gasteiger partial charge in [-0.3, -0.25) is 9.79 Å². The average molecular weight is 444 g/mol. The summed E-state index contributed by atoms with van der Waals surface area (Å²) in [6.45, 7) is 14.6. The van der Waals surface area contributed by atoms with E-state index in [-0.39, 0.29) is 17.3 Å². The Balaban J connectivity index is 0.000000769. The number of carbonyl (C=O) groups excluding carboxylic acids is 1. The highest BCUT2D eigenvalue weighted by atomic mass is 19.4. The minimum atomic E-state index is -4.46. The summed E-state index contributed by atoms with van der Waals surface area (Å²) in [5.74, 6) is -0.315. The number of hydrogen-bond acceptors (Lipinski definition) is 3. The van der Waals surface area contributed by atoms with Gasteiger partial charge in [-0.25, -0.2) is 4.99 Å². The molecule has 1 aliphatic rings. The summed E-state index contributed by atoms with van der Waals surface area (Å²) in [5.41, 5.74) is 1.81. The molecule has 2 aromatic rings. The number of carbonyl (C=O) groups is 1.